The van der Waals surface area contributed by atoms with Crippen LogP contribution in [-0.2, 0) is 9.59 Å². The molecule has 0 aliphatic heterocycles. The van der Waals surface area contributed by atoms with Crippen molar-refractivity contribution in [2.24, 2.45) is 5.73 Å². The molecule has 0 bridgehead atoms. The first-order valence-electron chi connectivity index (χ1n) is 12.2. The van der Waals surface area contributed by atoms with E-state index in [2.05, 4.69) is 29.7 Å². The van der Waals surface area contributed by atoms with Crippen molar-refractivity contribution in [3.63, 3.8) is 0 Å². The average Bonchev–Trinajstić information content (AvgIpc) is 2.72. The Labute approximate surface area is 188 Å². The Hall–Kier alpha value is -2.05. The first kappa shape index (κ1) is 28.9. The number of primary amides is 1. The van der Waals surface area contributed by atoms with Crippen LogP contribution in [-0.4, -0.2) is 35.6 Å². The van der Waals surface area contributed by atoms with E-state index in [9.17, 15) is 19.5 Å². The Morgan fingerprint density at radius 1 is 0.839 bits per heavy atom. The van der Waals surface area contributed by atoms with Crippen LogP contribution in [0.2, 0.25) is 0 Å². The minimum absolute atomic E-state index is 0.229. The summed E-state index contributed by atoms with van der Waals surface area (Å²) in [4.78, 5) is 33.8. The molecule has 180 valence electrons. The number of carboxylic acid groups (broad SMARTS) is 1. The summed E-state index contributed by atoms with van der Waals surface area (Å²) in [5.74, 6) is -1.29. The van der Waals surface area contributed by atoms with Gasteiger partial charge in [-0.2, -0.15) is 0 Å². The molecule has 0 fully saturated rings. The third-order valence-corrected chi connectivity index (χ3v) is 5.27. The van der Waals surface area contributed by atoms with Crippen molar-refractivity contribution in [1.29, 1.82) is 0 Å². The lowest BCUT2D eigenvalue weighted by molar-refractivity contribution is -0.142. The second-order valence-electron chi connectivity index (χ2n) is 8.23. The molecule has 0 aliphatic rings. The molecule has 0 aromatic carbocycles. The SMILES string of the molecule is CCCCCCCC/C=C\CCCCCCCC(=O)N[C@@H](CCCNC(N)=O)C(=O)O. The summed E-state index contributed by atoms with van der Waals surface area (Å²) in [6.45, 7) is 2.54. The molecule has 0 unspecified atom stereocenters. The molecular weight excluding hydrogens is 394 g/mol. The van der Waals surface area contributed by atoms with Crippen molar-refractivity contribution in [2.45, 2.75) is 116 Å². The first-order valence-corrected chi connectivity index (χ1v) is 12.2. The summed E-state index contributed by atoms with van der Waals surface area (Å²) < 4.78 is 0. The number of hydrogen-bond acceptors (Lipinski definition) is 3. The van der Waals surface area contributed by atoms with Crippen molar-refractivity contribution >= 4 is 17.9 Å². The Morgan fingerprint density at radius 3 is 1.94 bits per heavy atom. The van der Waals surface area contributed by atoms with Gasteiger partial charge in [0.25, 0.3) is 0 Å². The maximum Gasteiger partial charge on any atom is 0.326 e. The van der Waals surface area contributed by atoms with Crippen LogP contribution in [0.3, 0.4) is 0 Å². The number of hydrogen-bond donors (Lipinski definition) is 4. The highest BCUT2D eigenvalue weighted by molar-refractivity contribution is 5.83. The lowest BCUT2D eigenvalue weighted by atomic mass is 10.1. The third-order valence-electron chi connectivity index (χ3n) is 5.27. The van der Waals surface area contributed by atoms with Gasteiger partial charge < -0.3 is 21.5 Å². The minimum Gasteiger partial charge on any atom is -0.480 e. The van der Waals surface area contributed by atoms with Gasteiger partial charge in [-0.25, -0.2) is 9.59 Å². The van der Waals surface area contributed by atoms with Crippen molar-refractivity contribution in [1.82, 2.24) is 10.6 Å². The van der Waals surface area contributed by atoms with E-state index in [-0.39, 0.29) is 12.3 Å². The Kier molecular flexibility index (Phi) is 19.8. The number of unbranched alkanes of at least 4 members (excludes halogenated alkanes) is 11. The van der Waals surface area contributed by atoms with Gasteiger partial charge in [-0.3, -0.25) is 4.79 Å². The van der Waals surface area contributed by atoms with Crippen LogP contribution in [0.15, 0.2) is 12.2 Å². The van der Waals surface area contributed by atoms with E-state index in [1.807, 2.05) is 0 Å². The molecule has 0 heterocycles. The molecule has 0 rings (SSSR count). The lowest BCUT2D eigenvalue weighted by Gasteiger charge is -2.14. The van der Waals surface area contributed by atoms with Crippen LogP contribution in [0.5, 0.6) is 0 Å². The maximum absolute atomic E-state index is 12.0. The highest BCUT2D eigenvalue weighted by Gasteiger charge is 2.19. The van der Waals surface area contributed by atoms with E-state index >= 15 is 0 Å². The second-order valence-corrected chi connectivity index (χ2v) is 8.23. The van der Waals surface area contributed by atoms with Crippen LogP contribution in [0.1, 0.15) is 110 Å². The quantitative estimate of drug-likeness (QED) is 0.148. The normalized spacial score (nSPS) is 12.0. The number of nitrogens with one attached hydrogen (secondary N) is 2. The summed E-state index contributed by atoms with van der Waals surface area (Å²) in [7, 11) is 0. The number of urea groups is 1. The van der Waals surface area contributed by atoms with Gasteiger partial charge in [0.2, 0.25) is 5.91 Å². The van der Waals surface area contributed by atoms with Crippen molar-refractivity contribution < 1.29 is 19.5 Å². The fourth-order valence-electron chi connectivity index (χ4n) is 3.40. The van der Waals surface area contributed by atoms with Crippen LogP contribution in [0.4, 0.5) is 4.79 Å². The fourth-order valence-corrected chi connectivity index (χ4v) is 3.40. The highest BCUT2D eigenvalue weighted by Crippen LogP contribution is 2.10. The number of amides is 3. The number of carboxylic acids is 1. The highest BCUT2D eigenvalue weighted by atomic mass is 16.4. The molecular formula is C24H45N3O4. The van der Waals surface area contributed by atoms with E-state index in [0.717, 1.165) is 32.1 Å². The van der Waals surface area contributed by atoms with Crippen LogP contribution >= 0.6 is 0 Å². The van der Waals surface area contributed by atoms with Gasteiger partial charge in [-0.05, 0) is 44.9 Å². The van der Waals surface area contributed by atoms with Gasteiger partial charge in [-0.15, -0.1) is 0 Å². The minimum atomic E-state index is -1.06. The molecule has 0 aromatic rings. The van der Waals surface area contributed by atoms with Gasteiger partial charge in [0, 0.05) is 13.0 Å². The molecule has 1 atom stereocenters. The Morgan fingerprint density at radius 2 is 1.39 bits per heavy atom. The van der Waals surface area contributed by atoms with E-state index in [0.29, 0.717) is 19.4 Å². The zero-order chi connectivity index (χ0) is 23.2. The molecule has 31 heavy (non-hydrogen) atoms. The predicted octanol–water partition coefficient (Wildman–Crippen LogP) is 5.04. The first-order chi connectivity index (χ1) is 15.0. The van der Waals surface area contributed by atoms with Gasteiger partial charge >= 0.3 is 12.0 Å². The number of carbonyl (C=O) groups excluding carboxylic acids is 2. The van der Waals surface area contributed by atoms with E-state index in [1.165, 1.54) is 51.4 Å². The second kappa shape index (κ2) is 21.2. The summed E-state index contributed by atoms with van der Waals surface area (Å²) in [6, 6.07) is -1.56. The van der Waals surface area contributed by atoms with Crippen molar-refractivity contribution in [3.8, 4) is 0 Å². The average molecular weight is 440 g/mol. The fraction of sp³-hybridized carbons (Fsp3) is 0.792. The maximum atomic E-state index is 12.0. The van der Waals surface area contributed by atoms with Crippen LogP contribution < -0.4 is 16.4 Å². The molecule has 3 amide bonds. The van der Waals surface area contributed by atoms with Crippen LogP contribution in [0.25, 0.3) is 0 Å². The molecule has 0 saturated carbocycles. The Balaban J connectivity index is 3.59. The molecule has 5 N–H and O–H groups in total. The van der Waals surface area contributed by atoms with Crippen LogP contribution in [0, 0.1) is 0 Å². The number of nitrogens with two attached hydrogens (primary N) is 1. The molecule has 0 aliphatic carbocycles. The molecule has 0 radical (unpaired) electrons. The molecule has 7 nitrogen and oxygen atoms in total. The Bertz CT molecular complexity index is 509. The monoisotopic (exact) mass is 439 g/mol. The number of aliphatic carboxylic acids is 1. The smallest absolute Gasteiger partial charge is 0.326 e. The van der Waals surface area contributed by atoms with E-state index in [4.69, 9.17) is 5.73 Å². The summed E-state index contributed by atoms with van der Waals surface area (Å²) >= 11 is 0. The molecule has 0 spiro atoms. The largest absolute Gasteiger partial charge is 0.480 e. The number of allylic oxidation sites excluding steroid dienone is 2. The number of rotatable bonds is 21. The summed E-state index contributed by atoms with van der Waals surface area (Å²) in [6.07, 6.45) is 21.2. The van der Waals surface area contributed by atoms with E-state index in [1.54, 1.807) is 0 Å². The van der Waals surface area contributed by atoms with Gasteiger partial charge in [-0.1, -0.05) is 70.4 Å². The summed E-state index contributed by atoms with van der Waals surface area (Å²) in [5, 5.41) is 14.2. The van der Waals surface area contributed by atoms with Gasteiger partial charge in [0.15, 0.2) is 0 Å². The molecule has 0 aromatic heterocycles. The number of carbonyl (C=O) groups is 3. The van der Waals surface area contributed by atoms with Crippen molar-refractivity contribution in [3.05, 3.63) is 12.2 Å². The van der Waals surface area contributed by atoms with Gasteiger partial charge in [0.1, 0.15) is 6.04 Å². The zero-order valence-corrected chi connectivity index (χ0v) is 19.5. The zero-order valence-electron chi connectivity index (χ0n) is 19.5. The topological polar surface area (TPSA) is 122 Å². The third kappa shape index (κ3) is 21.0. The molecule has 0 saturated heterocycles. The standard InChI is InChI=1S/C24H45N3O4/c1-2-3-4-5-6-7-8-9-10-11-12-13-14-15-16-19-22(28)27-21(23(29)30)18-17-20-26-24(25)31/h9-10,21H,2-8,11-20H2,1H3,(H,27,28)(H,29,30)(H3,25,26,31)/b10-9-/t21-/m0/s1. The molecule has 7 heteroatoms. The summed E-state index contributed by atoms with van der Waals surface area (Å²) in [5.41, 5.74) is 4.96. The lowest BCUT2D eigenvalue weighted by Crippen LogP contribution is -2.41. The van der Waals surface area contributed by atoms with E-state index < -0.39 is 18.0 Å². The predicted molar refractivity (Wildman–Crippen MR) is 126 cm³/mol. The van der Waals surface area contributed by atoms with Gasteiger partial charge in [0.05, 0.1) is 0 Å². The van der Waals surface area contributed by atoms with Crippen molar-refractivity contribution in [2.75, 3.05) is 6.54 Å².